The Morgan fingerprint density at radius 1 is 0.800 bits per heavy atom. The van der Waals surface area contributed by atoms with Gasteiger partial charge in [0.2, 0.25) is 12.7 Å². The van der Waals surface area contributed by atoms with E-state index in [9.17, 15) is 0 Å². The van der Waals surface area contributed by atoms with Crippen molar-refractivity contribution in [2.45, 2.75) is 0 Å². The third kappa shape index (κ3) is 4.01. The molecule has 2 aliphatic heterocycles. The predicted octanol–water partition coefficient (Wildman–Crippen LogP) is 3.11. The zero-order chi connectivity index (χ0) is 20.3. The summed E-state index contributed by atoms with van der Waals surface area (Å²) in [5.74, 6) is 2.78. The second-order valence-electron chi connectivity index (χ2n) is 6.96. The molecule has 0 saturated carbocycles. The fourth-order valence-corrected chi connectivity index (χ4v) is 3.44. The van der Waals surface area contributed by atoms with Crippen molar-refractivity contribution in [1.29, 1.82) is 0 Å². The number of nitrogens with two attached hydrogens (primary N) is 1. The van der Waals surface area contributed by atoms with Crippen LogP contribution in [0.4, 0.5) is 34.6 Å². The molecule has 9 nitrogen and oxygen atoms in total. The summed E-state index contributed by atoms with van der Waals surface area (Å²) in [5.41, 5.74) is 8.82. The standard InChI is InChI=1S/C21H22N6O3/c22-21-25-19(23-14-1-4-16(5-2-14)27-7-9-28-10-8-27)12-20(26-21)24-15-3-6-17-18(11-15)30-13-29-17/h1-6,11-12H,7-10,13H2,(H4,22,23,24,25,26). The molecule has 0 bridgehead atoms. The van der Waals surface area contributed by atoms with E-state index >= 15 is 0 Å². The number of rotatable bonds is 5. The first-order chi connectivity index (χ1) is 14.7. The van der Waals surface area contributed by atoms with Gasteiger partial charge in [-0.2, -0.15) is 9.97 Å². The van der Waals surface area contributed by atoms with Crippen molar-refractivity contribution in [3.63, 3.8) is 0 Å². The summed E-state index contributed by atoms with van der Waals surface area (Å²) in [6.45, 7) is 3.57. The molecule has 0 atom stereocenters. The lowest BCUT2D eigenvalue weighted by molar-refractivity contribution is 0.122. The Bertz CT molecular complexity index is 1040. The summed E-state index contributed by atoms with van der Waals surface area (Å²) in [6.07, 6.45) is 0. The number of hydrogen-bond acceptors (Lipinski definition) is 9. The van der Waals surface area contributed by atoms with Gasteiger partial charge in [-0.3, -0.25) is 0 Å². The minimum absolute atomic E-state index is 0.174. The molecule has 3 heterocycles. The van der Waals surface area contributed by atoms with Gasteiger partial charge in [0.05, 0.1) is 13.2 Å². The number of morpholine rings is 1. The van der Waals surface area contributed by atoms with Crippen LogP contribution in [-0.2, 0) is 4.74 Å². The number of aromatic nitrogens is 2. The molecule has 0 spiro atoms. The molecule has 9 heteroatoms. The molecule has 0 unspecified atom stereocenters. The molecule has 4 N–H and O–H groups in total. The smallest absolute Gasteiger partial charge is 0.231 e. The van der Waals surface area contributed by atoms with E-state index in [1.54, 1.807) is 6.07 Å². The molecule has 2 aromatic carbocycles. The lowest BCUT2D eigenvalue weighted by atomic mass is 10.2. The van der Waals surface area contributed by atoms with E-state index in [-0.39, 0.29) is 12.7 Å². The first-order valence-corrected chi connectivity index (χ1v) is 9.74. The SMILES string of the molecule is Nc1nc(Nc2ccc(N3CCOCC3)cc2)cc(Nc2ccc3c(c2)OCO3)n1. The predicted molar refractivity (Wildman–Crippen MR) is 115 cm³/mol. The molecule has 3 aromatic rings. The van der Waals surface area contributed by atoms with Crippen molar-refractivity contribution < 1.29 is 14.2 Å². The van der Waals surface area contributed by atoms with E-state index < -0.39 is 0 Å². The third-order valence-electron chi connectivity index (χ3n) is 4.90. The molecule has 2 aliphatic rings. The summed E-state index contributed by atoms with van der Waals surface area (Å²) in [4.78, 5) is 10.9. The molecular weight excluding hydrogens is 384 g/mol. The maximum absolute atomic E-state index is 5.91. The lowest BCUT2D eigenvalue weighted by Gasteiger charge is -2.28. The molecule has 30 heavy (non-hydrogen) atoms. The molecule has 5 rings (SSSR count). The highest BCUT2D eigenvalue weighted by atomic mass is 16.7. The van der Waals surface area contributed by atoms with E-state index in [4.69, 9.17) is 19.9 Å². The number of ether oxygens (including phenoxy) is 3. The van der Waals surface area contributed by atoms with Crippen molar-refractivity contribution in [2.75, 3.05) is 54.4 Å². The van der Waals surface area contributed by atoms with E-state index in [0.29, 0.717) is 17.4 Å². The van der Waals surface area contributed by atoms with Crippen molar-refractivity contribution >= 4 is 34.6 Å². The quantitative estimate of drug-likeness (QED) is 0.589. The van der Waals surface area contributed by atoms with Gasteiger partial charge in [0.15, 0.2) is 11.5 Å². The van der Waals surface area contributed by atoms with Crippen LogP contribution in [0.3, 0.4) is 0 Å². The second-order valence-corrected chi connectivity index (χ2v) is 6.96. The van der Waals surface area contributed by atoms with Crippen molar-refractivity contribution in [3.05, 3.63) is 48.5 Å². The molecule has 0 amide bonds. The van der Waals surface area contributed by atoms with E-state index in [1.165, 1.54) is 5.69 Å². The van der Waals surface area contributed by atoms with Gasteiger partial charge in [-0.25, -0.2) is 0 Å². The first-order valence-electron chi connectivity index (χ1n) is 9.74. The molecule has 154 valence electrons. The number of nitrogens with one attached hydrogen (secondary N) is 2. The van der Waals surface area contributed by atoms with Gasteiger partial charge in [0.1, 0.15) is 11.6 Å². The van der Waals surface area contributed by atoms with E-state index in [2.05, 4.69) is 37.6 Å². The van der Waals surface area contributed by atoms with Gasteiger partial charge in [-0.1, -0.05) is 0 Å². The second kappa shape index (κ2) is 7.96. The Hall–Kier alpha value is -3.72. The maximum Gasteiger partial charge on any atom is 0.231 e. The zero-order valence-corrected chi connectivity index (χ0v) is 16.3. The topological polar surface area (TPSA) is 107 Å². The van der Waals surface area contributed by atoms with E-state index in [0.717, 1.165) is 43.4 Å². The van der Waals surface area contributed by atoms with Crippen LogP contribution in [-0.4, -0.2) is 43.1 Å². The normalized spacial score (nSPS) is 15.1. The number of nitrogens with zero attached hydrogens (tertiary/aromatic N) is 3. The Kier molecular flexibility index (Phi) is 4.86. The summed E-state index contributed by atoms with van der Waals surface area (Å²) < 4.78 is 16.2. The van der Waals surface area contributed by atoms with Crippen molar-refractivity contribution in [3.8, 4) is 11.5 Å². The largest absolute Gasteiger partial charge is 0.454 e. The fraction of sp³-hybridized carbons (Fsp3) is 0.238. The number of nitrogen functional groups attached to an aromatic ring is 1. The number of anilines is 6. The minimum atomic E-state index is 0.174. The Morgan fingerprint density at radius 3 is 2.23 bits per heavy atom. The summed E-state index contributed by atoms with van der Waals surface area (Å²) in [5, 5.41) is 6.51. The van der Waals surface area contributed by atoms with Crippen LogP contribution in [0.2, 0.25) is 0 Å². The molecular formula is C21H22N6O3. The third-order valence-corrected chi connectivity index (χ3v) is 4.90. The highest BCUT2D eigenvalue weighted by Crippen LogP contribution is 2.35. The van der Waals surface area contributed by atoms with Crippen LogP contribution < -0.4 is 30.7 Å². The molecule has 1 saturated heterocycles. The summed E-state index contributed by atoms with van der Waals surface area (Å²) >= 11 is 0. The summed E-state index contributed by atoms with van der Waals surface area (Å²) in [6, 6.07) is 15.6. The van der Waals surface area contributed by atoms with Crippen LogP contribution in [0.5, 0.6) is 11.5 Å². The number of benzene rings is 2. The van der Waals surface area contributed by atoms with Crippen LogP contribution in [0.15, 0.2) is 48.5 Å². The maximum atomic E-state index is 5.91. The summed E-state index contributed by atoms with van der Waals surface area (Å²) in [7, 11) is 0. The zero-order valence-electron chi connectivity index (χ0n) is 16.3. The van der Waals surface area contributed by atoms with Crippen LogP contribution >= 0.6 is 0 Å². The molecule has 1 fully saturated rings. The Labute approximate surface area is 173 Å². The highest BCUT2D eigenvalue weighted by molar-refractivity contribution is 5.67. The van der Waals surface area contributed by atoms with Gasteiger partial charge in [-0.05, 0) is 36.4 Å². The number of hydrogen-bond donors (Lipinski definition) is 3. The molecule has 0 radical (unpaired) electrons. The van der Waals surface area contributed by atoms with Gasteiger partial charge in [-0.15, -0.1) is 0 Å². The first kappa shape index (κ1) is 18.3. The average molecular weight is 406 g/mol. The Morgan fingerprint density at radius 2 is 1.47 bits per heavy atom. The van der Waals surface area contributed by atoms with Gasteiger partial charge >= 0.3 is 0 Å². The van der Waals surface area contributed by atoms with Crippen molar-refractivity contribution in [1.82, 2.24) is 9.97 Å². The minimum Gasteiger partial charge on any atom is -0.454 e. The number of fused-ring (bicyclic) bond motifs is 1. The van der Waals surface area contributed by atoms with Crippen LogP contribution in [0.1, 0.15) is 0 Å². The van der Waals surface area contributed by atoms with Crippen molar-refractivity contribution in [2.24, 2.45) is 0 Å². The Balaban J connectivity index is 1.30. The van der Waals surface area contributed by atoms with Gasteiger partial charge in [0.25, 0.3) is 0 Å². The highest BCUT2D eigenvalue weighted by Gasteiger charge is 2.14. The van der Waals surface area contributed by atoms with Gasteiger partial charge < -0.3 is 35.5 Å². The monoisotopic (exact) mass is 406 g/mol. The van der Waals surface area contributed by atoms with Gasteiger partial charge in [0, 0.05) is 42.3 Å². The lowest BCUT2D eigenvalue weighted by Crippen LogP contribution is -2.36. The van der Waals surface area contributed by atoms with Crippen LogP contribution in [0.25, 0.3) is 0 Å². The molecule has 1 aromatic heterocycles. The fourth-order valence-electron chi connectivity index (χ4n) is 3.44. The van der Waals surface area contributed by atoms with Crippen LogP contribution in [0, 0.1) is 0 Å². The average Bonchev–Trinajstić information content (AvgIpc) is 3.22. The molecule has 0 aliphatic carbocycles. The van der Waals surface area contributed by atoms with E-state index in [1.807, 2.05) is 30.3 Å².